The Morgan fingerprint density at radius 1 is 1.26 bits per heavy atom. The van der Waals surface area contributed by atoms with Crippen molar-refractivity contribution >= 4 is 28.0 Å². The van der Waals surface area contributed by atoms with Gasteiger partial charge in [0.2, 0.25) is 5.89 Å². The molecule has 3 heterocycles. The Hall–Kier alpha value is -3.22. The number of carbonyl (C=O) groups is 1. The zero-order valence-corrected chi connectivity index (χ0v) is 15.8. The molecule has 0 aliphatic heterocycles. The van der Waals surface area contributed by atoms with Gasteiger partial charge in [0.15, 0.2) is 11.2 Å². The van der Waals surface area contributed by atoms with E-state index in [2.05, 4.69) is 20.4 Å². The number of nitrogens with one attached hydrogen (secondary N) is 1. The maximum atomic E-state index is 13.0. The number of hydrogen-bond donors (Lipinski definition) is 1. The zero-order chi connectivity index (χ0) is 19.1. The minimum Gasteiger partial charge on any atom is -0.438 e. The van der Waals surface area contributed by atoms with Crippen molar-refractivity contribution in [1.82, 2.24) is 25.1 Å². The van der Waals surface area contributed by atoms with Crippen LogP contribution in [0.15, 0.2) is 34.7 Å². The van der Waals surface area contributed by atoms with Gasteiger partial charge in [-0.15, -0.1) is 0 Å². The van der Waals surface area contributed by atoms with E-state index in [-0.39, 0.29) is 11.9 Å². The van der Waals surface area contributed by atoms with Crippen LogP contribution in [0.2, 0.25) is 0 Å². The summed E-state index contributed by atoms with van der Waals surface area (Å²) in [6.07, 6.45) is 0. The molecule has 7 heteroatoms. The molecule has 0 aliphatic carbocycles. The van der Waals surface area contributed by atoms with E-state index >= 15 is 0 Å². The van der Waals surface area contributed by atoms with Crippen LogP contribution in [0.5, 0.6) is 0 Å². The highest BCUT2D eigenvalue weighted by molar-refractivity contribution is 6.06. The average molecular weight is 363 g/mol. The molecule has 0 saturated heterocycles. The summed E-state index contributed by atoms with van der Waals surface area (Å²) in [6.45, 7) is 8.33. The van der Waals surface area contributed by atoms with E-state index in [0.29, 0.717) is 23.6 Å². The predicted octanol–water partition coefficient (Wildman–Crippen LogP) is 3.70. The summed E-state index contributed by atoms with van der Waals surface area (Å²) in [6, 6.07) is 8.97. The Morgan fingerprint density at radius 2 is 2.04 bits per heavy atom. The van der Waals surface area contributed by atoms with Crippen molar-refractivity contribution in [2.75, 3.05) is 0 Å². The number of hydrogen-bond acceptors (Lipinski definition) is 5. The van der Waals surface area contributed by atoms with Crippen LogP contribution in [0.3, 0.4) is 0 Å². The van der Waals surface area contributed by atoms with Crippen molar-refractivity contribution in [2.45, 2.75) is 40.3 Å². The third kappa shape index (κ3) is 2.95. The number of aromatic nitrogens is 4. The first-order chi connectivity index (χ1) is 13.0. The van der Waals surface area contributed by atoms with Crippen LogP contribution in [0, 0.1) is 13.8 Å². The molecular weight excluding hydrogens is 342 g/mol. The van der Waals surface area contributed by atoms with Crippen LogP contribution in [0.4, 0.5) is 0 Å². The van der Waals surface area contributed by atoms with Crippen molar-refractivity contribution in [3.8, 4) is 0 Å². The van der Waals surface area contributed by atoms with E-state index in [4.69, 9.17) is 4.42 Å². The SMILES string of the molecule is CCn1nc(C)c2c(C(=O)NC(C)c3nc4ccccc4o3)cc(C)nc21. The lowest BCUT2D eigenvalue weighted by atomic mass is 10.1. The number of fused-ring (bicyclic) bond motifs is 2. The van der Waals surface area contributed by atoms with Crippen LogP contribution in [0.1, 0.15) is 47.5 Å². The van der Waals surface area contributed by atoms with Gasteiger partial charge in [0, 0.05) is 12.2 Å². The summed E-state index contributed by atoms with van der Waals surface area (Å²) < 4.78 is 7.59. The molecule has 0 aliphatic rings. The highest BCUT2D eigenvalue weighted by atomic mass is 16.3. The Kier molecular flexibility index (Phi) is 4.14. The molecule has 0 radical (unpaired) electrons. The lowest BCUT2D eigenvalue weighted by molar-refractivity contribution is 0.0936. The van der Waals surface area contributed by atoms with E-state index in [1.54, 1.807) is 6.07 Å². The molecule has 3 aromatic heterocycles. The highest BCUT2D eigenvalue weighted by Gasteiger charge is 2.21. The predicted molar refractivity (Wildman–Crippen MR) is 103 cm³/mol. The molecule has 0 fully saturated rings. The third-order valence-corrected chi connectivity index (χ3v) is 4.58. The Balaban J connectivity index is 1.69. The minimum atomic E-state index is -0.366. The first kappa shape index (κ1) is 17.2. The van der Waals surface area contributed by atoms with E-state index in [0.717, 1.165) is 27.9 Å². The molecule has 0 saturated carbocycles. The van der Waals surface area contributed by atoms with Crippen LogP contribution in [-0.2, 0) is 6.54 Å². The average Bonchev–Trinajstić information content (AvgIpc) is 3.22. The van der Waals surface area contributed by atoms with Gasteiger partial charge in [-0.1, -0.05) is 12.1 Å². The zero-order valence-electron chi connectivity index (χ0n) is 15.8. The fraction of sp³-hybridized carbons (Fsp3) is 0.300. The number of benzene rings is 1. The number of carbonyl (C=O) groups excluding carboxylic acids is 1. The molecule has 7 nitrogen and oxygen atoms in total. The fourth-order valence-electron chi connectivity index (χ4n) is 3.29. The van der Waals surface area contributed by atoms with E-state index in [9.17, 15) is 4.79 Å². The fourth-order valence-corrected chi connectivity index (χ4v) is 3.29. The van der Waals surface area contributed by atoms with Crippen LogP contribution in [-0.4, -0.2) is 25.7 Å². The van der Waals surface area contributed by atoms with Gasteiger partial charge in [0.1, 0.15) is 11.6 Å². The van der Waals surface area contributed by atoms with Crippen molar-refractivity contribution in [3.05, 3.63) is 53.2 Å². The van der Waals surface area contributed by atoms with Crippen molar-refractivity contribution in [2.24, 2.45) is 0 Å². The molecule has 0 bridgehead atoms. The summed E-state index contributed by atoms with van der Waals surface area (Å²) in [5, 5.41) is 8.27. The number of nitrogens with zero attached hydrogens (tertiary/aromatic N) is 4. The topological polar surface area (TPSA) is 85.8 Å². The van der Waals surface area contributed by atoms with Crippen molar-refractivity contribution in [1.29, 1.82) is 0 Å². The molecule has 0 spiro atoms. The Labute approximate surface area is 156 Å². The number of rotatable bonds is 4. The molecular formula is C20H21N5O2. The summed E-state index contributed by atoms with van der Waals surface area (Å²) in [7, 11) is 0. The normalized spacial score (nSPS) is 12.6. The first-order valence-electron chi connectivity index (χ1n) is 8.99. The second-order valence-corrected chi connectivity index (χ2v) is 6.63. The highest BCUT2D eigenvalue weighted by Crippen LogP contribution is 2.24. The smallest absolute Gasteiger partial charge is 0.252 e. The monoisotopic (exact) mass is 363 g/mol. The van der Waals surface area contributed by atoms with E-state index < -0.39 is 0 Å². The number of amides is 1. The molecule has 1 atom stereocenters. The van der Waals surface area contributed by atoms with E-state index in [1.165, 1.54) is 0 Å². The lowest BCUT2D eigenvalue weighted by Gasteiger charge is -2.12. The van der Waals surface area contributed by atoms with Gasteiger partial charge in [0.25, 0.3) is 5.91 Å². The van der Waals surface area contributed by atoms with Gasteiger partial charge >= 0.3 is 0 Å². The number of oxazole rings is 1. The Morgan fingerprint density at radius 3 is 2.78 bits per heavy atom. The minimum absolute atomic E-state index is 0.195. The van der Waals surface area contributed by atoms with Gasteiger partial charge in [-0.2, -0.15) is 5.10 Å². The second kappa shape index (κ2) is 6.50. The van der Waals surface area contributed by atoms with E-state index in [1.807, 2.05) is 56.6 Å². The molecule has 1 N–H and O–H groups in total. The molecule has 1 aromatic carbocycles. The van der Waals surface area contributed by atoms with Gasteiger partial charge < -0.3 is 9.73 Å². The number of aryl methyl sites for hydroxylation is 3. The van der Waals surface area contributed by atoms with Crippen molar-refractivity contribution < 1.29 is 9.21 Å². The second-order valence-electron chi connectivity index (χ2n) is 6.63. The summed E-state index contributed by atoms with van der Waals surface area (Å²) in [4.78, 5) is 22.0. The maximum absolute atomic E-state index is 13.0. The lowest BCUT2D eigenvalue weighted by Crippen LogP contribution is -2.27. The number of para-hydroxylation sites is 2. The van der Waals surface area contributed by atoms with Gasteiger partial charge in [-0.3, -0.25) is 4.79 Å². The maximum Gasteiger partial charge on any atom is 0.252 e. The standard InChI is InChI=1S/C20H21N5O2/c1-5-25-18-17(12(3)24-25)14(10-11(2)21-18)19(26)22-13(4)20-23-15-8-6-7-9-16(15)27-20/h6-10,13H,5H2,1-4H3,(H,22,26). The third-order valence-electron chi connectivity index (χ3n) is 4.58. The van der Waals surface area contributed by atoms with Crippen LogP contribution < -0.4 is 5.32 Å². The van der Waals surface area contributed by atoms with Crippen LogP contribution in [0.25, 0.3) is 22.1 Å². The van der Waals surface area contributed by atoms with Gasteiger partial charge in [-0.05, 0) is 45.9 Å². The number of pyridine rings is 1. The summed E-state index contributed by atoms with van der Waals surface area (Å²) in [5.41, 5.74) is 4.34. The largest absolute Gasteiger partial charge is 0.438 e. The van der Waals surface area contributed by atoms with Crippen LogP contribution >= 0.6 is 0 Å². The molecule has 1 amide bonds. The summed E-state index contributed by atoms with van der Waals surface area (Å²) >= 11 is 0. The Bertz CT molecular complexity index is 1130. The van der Waals surface area contributed by atoms with Gasteiger partial charge in [0.05, 0.1) is 16.6 Å². The first-order valence-corrected chi connectivity index (χ1v) is 8.99. The summed E-state index contributed by atoms with van der Waals surface area (Å²) in [5.74, 6) is 0.284. The molecule has 138 valence electrons. The molecule has 4 rings (SSSR count). The molecule has 1 unspecified atom stereocenters. The quantitative estimate of drug-likeness (QED) is 0.597. The van der Waals surface area contributed by atoms with Crippen molar-refractivity contribution in [3.63, 3.8) is 0 Å². The molecule has 27 heavy (non-hydrogen) atoms. The molecule has 4 aromatic rings. The van der Waals surface area contributed by atoms with Gasteiger partial charge in [-0.25, -0.2) is 14.6 Å².